The molecule has 0 bridgehead atoms. The Morgan fingerprint density at radius 3 is 2.91 bits per heavy atom. The molecule has 3 heterocycles. The van der Waals surface area contributed by atoms with Crippen molar-refractivity contribution < 1.29 is 4.74 Å². The fraction of sp³-hybridized carbons (Fsp3) is 0.500. The van der Waals surface area contributed by atoms with Crippen LogP contribution in [0.4, 0.5) is 5.95 Å². The molecule has 1 N–H and O–H groups in total. The summed E-state index contributed by atoms with van der Waals surface area (Å²) in [4.78, 5) is 20.8. The van der Waals surface area contributed by atoms with E-state index in [2.05, 4.69) is 20.4 Å². The van der Waals surface area contributed by atoms with Gasteiger partial charge in [-0.2, -0.15) is 5.10 Å². The highest BCUT2D eigenvalue weighted by Gasteiger charge is 2.33. The predicted octanol–water partition coefficient (Wildman–Crippen LogP) is 1.27. The summed E-state index contributed by atoms with van der Waals surface area (Å²) >= 11 is 0. The zero-order valence-corrected chi connectivity index (χ0v) is 13.0. The molecule has 4 rings (SSSR count). The molecule has 0 amide bonds. The normalized spacial score (nSPS) is 23.9. The van der Waals surface area contributed by atoms with Crippen LogP contribution < -0.4 is 10.9 Å². The highest BCUT2D eigenvalue weighted by atomic mass is 16.5. The van der Waals surface area contributed by atoms with Crippen LogP contribution >= 0.6 is 0 Å². The lowest BCUT2D eigenvalue weighted by Crippen LogP contribution is -2.37. The van der Waals surface area contributed by atoms with Crippen LogP contribution in [0.2, 0.25) is 0 Å². The van der Waals surface area contributed by atoms with Gasteiger partial charge in [0.2, 0.25) is 5.95 Å². The molecule has 2 atom stereocenters. The van der Waals surface area contributed by atoms with Crippen LogP contribution in [0, 0.1) is 6.92 Å². The van der Waals surface area contributed by atoms with Gasteiger partial charge in [0.15, 0.2) is 0 Å². The van der Waals surface area contributed by atoms with Crippen molar-refractivity contribution in [3.05, 3.63) is 46.1 Å². The number of aromatic nitrogens is 4. The van der Waals surface area contributed by atoms with Crippen LogP contribution in [0.5, 0.6) is 0 Å². The van der Waals surface area contributed by atoms with Gasteiger partial charge in [0.1, 0.15) is 6.04 Å². The lowest BCUT2D eigenvalue weighted by molar-refractivity contribution is 0.182. The average Bonchev–Trinajstić information content (AvgIpc) is 3.29. The van der Waals surface area contributed by atoms with Crippen molar-refractivity contribution in [2.75, 3.05) is 18.5 Å². The van der Waals surface area contributed by atoms with E-state index in [1.165, 1.54) is 0 Å². The largest absolute Gasteiger partial charge is 0.377 e. The number of anilines is 1. The first-order valence-electron chi connectivity index (χ1n) is 7.94. The average molecular weight is 313 g/mol. The molecule has 2 unspecified atom stereocenters. The Labute approximate surface area is 133 Å². The maximum absolute atomic E-state index is 12.2. The van der Waals surface area contributed by atoms with Gasteiger partial charge in [-0.1, -0.05) is 0 Å². The molecule has 2 aromatic rings. The minimum atomic E-state index is -0.148. The number of ether oxygens (including phenoxy) is 1. The fourth-order valence-corrected chi connectivity index (χ4v) is 2.88. The summed E-state index contributed by atoms with van der Waals surface area (Å²) in [5.74, 6) is 1.06. The molecule has 120 valence electrons. The van der Waals surface area contributed by atoms with Crippen molar-refractivity contribution in [3.63, 3.8) is 0 Å². The van der Waals surface area contributed by atoms with Crippen molar-refractivity contribution in [1.82, 2.24) is 19.7 Å². The maximum Gasteiger partial charge on any atom is 0.267 e. The molecular weight excluding hydrogens is 294 g/mol. The monoisotopic (exact) mass is 313 g/mol. The maximum atomic E-state index is 12.2. The zero-order chi connectivity index (χ0) is 15.8. The van der Waals surface area contributed by atoms with Gasteiger partial charge in [0.05, 0.1) is 24.9 Å². The van der Waals surface area contributed by atoms with Crippen molar-refractivity contribution in [2.45, 2.75) is 37.8 Å². The fourth-order valence-electron chi connectivity index (χ4n) is 2.88. The molecule has 1 aliphatic heterocycles. The van der Waals surface area contributed by atoms with Gasteiger partial charge in [-0.3, -0.25) is 4.79 Å². The lowest BCUT2D eigenvalue weighted by Gasteiger charge is -2.20. The highest BCUT2D eigenvalue weighted by molar-refractivity contribution is 5.28. The SMILES string of the molecule is Cc1ccnc(NC2COCC2n2nc(C3CC3)ccc2=O)n1. The van der Waals surface area contributed by atoms with Gasteiger partial charge >= 0.3 is 0 Å². The van der Waals surface area contributed by atoms with E-state index in [0.717, 1.165) is 24.2 Å². The van der Waals surface area contributed by atoms with Gasteiger partial charge in [-0.25, -0.2) is 14.6 Å². The standard InChI is InChI=1S/C16H19N5O2/c1-10-6-7-17-16(18-10)19-13-8-23-9-14(13)21-15(22)5-4-12(20-21)11-2-3-11/h4-7,11,13-14H,2-3,8-9H2,1H3,(H,17,18,19). The first-order chi connectivity index (χ1) is 11.2. The Morgan fingerprint density at radius 1 is 1.26 bits per heavy atom. The van der Waals surface area contributed by atoms with E-state index in [4.69, 9.17) is 4.74 Å². The Bertz CT molecular complexity index is 771. The number of hydrogen-bond donors (Lipinski definition) is 1. The second-order valence-corrected chi connectivity index (χ2v) is 6.19. The van der Waals surface area contributed by atoms with Crippen LogP contribution in [0.1, 0.15) is 36.2 Å². The van der Waals surface area contributed by atoms with Crippen molar-refractivity contribution in [2.24, 2.45) is 0 Å². The molecule has 1 saturated carbocycles. The van der Waals surface area contributed by atoms with Gasteiger partial charge in [-0.05, 0) is 31.9 Å². The lowest BCUT2D eigenvalue weighted by atomic mass is 10.1. The second-order valence-electron chi connectivity index (χ2n) is 6.19. The minimum Gasteiger partial charge on any atom is -0.377 e. The summed E-state index contributed by atoms with van der Waals surface area (Å²) in [7, 11) is 0. The topological polar surface area (TPSA) is 81.9 Å². The zero-order valence-electron chi connectivity index (χ0n) is 13.0. The number of nitrogens with one attached hydrogen (secondary N) is 1. The first-order valence-corrected chi connectivity index (χ1v) is 7.94. The molecule has 2 aromatic heterocycles. The molecule has 2 aliphatic rings. The number of nitrogens with zero attached hydrogens (tertiary/aromatic N) is 4. The van der Waals surface area contributed by atoms with Crippen LogP contribution in [0.15, 0.2) is 29.2 Å². The molecule has 7 heteroatoms. The molecule has 1 aliphatic carbocycles. The molecule has 0 radical (unpaired) electrons. The Balaban J connectivity index is 1.60. The molecule has 2 fully saturated rings. The second kappa shape index (κ2) is 5.73. The third kappa shape index (κ3) is 2.96. The van der Waals surface area contributed by atoms with E-state index < -0.39 is 0 Å². The smallest absolute Gasteiger partial charge is 0.267 e. The Morgan fingerprint density at radius 2 is 2.13 bits per heavy atom. The van der Waals surface area contributed by atoms with Crippen LogP contribution in [-0.4, -0.2) is 39.0 Å². The third-order valence-electron chi connectivity index (χ3n) is 4.32. The van der Waals surface area contributed by atoms with E-state index >= 15 is 0 Å². The summed E-state index contributed by atoms with van der Waals surface area (Å²) in [6.45, 7) is 2.88. The molecule has 7 nitrogen and oxygen atoms in total. The van der Waals surface area contributed by atoms with Gasteiger partial charge < -0.3 is 10.1 Å². The Hall–Kier alpha value is -2.28. The molecular formula is C16H19N5O2. The van der Waals surface area contributed by atoms with E-state index in [0.29, 0.717) is 25.1 Å². The quantitative estimate of drug-likeness (QED) is 0.915. The van der Waals surface area contributed by atoms with Crippen molar-refractivity contribution in [1.29, 1.82) is 0 Å². The van der Waals surface area contributed by atoms with Crippen molar-refractivity contribution in [3.8, 4) is 0 Å². The van der Waals surface area contributed by atoms with Crippen LogP contribution in [0.25, 0.3) is 0 Å². The first kappa shape index (κ1) is 14.3. The predicted molar refractivity (Wildman–Crippen MR) is 84.5 cm³/mol. The summed E-state index contributed by atoms with van der Waals surface area (Å²) in [5, 5.41) is 7.84. The molecule has 0 spiro atoms. The van der Waals surface area contributed by atoms with Gasteiger partial charge in [0, 0.05) is 23.9 Å². The number of hydrogen-bond acceptors (Lipinski definition) is 6. The molecule has 23 heavy (non-hydrogen) atoms. The van der Waals surface area contributed by atoms with E-state index in [1.807, 2.05) is 19.1 Å². The highest BCUT2D eigenvalue weighted by Crippen LogP contribution is 2.38. The molecule has 0 aromatic carbocycles. The van der Waals surface area contributed by atoms with Gasteiger partial charge in [-0.15, -0.1) is 0 Å². The summed E-state index contributed by atoms with van der Waals surface area (Å²) in [5.41, 5.74) is 1.80. The van der Waals surface area contributed by atoms with Crippen LogP contribution in [0.3, 0.4) is 0 Å². The number of rotatable bonds is 4. The number of aryl methyl sites for hydroxylation is 1. The summed E-state index contributed by atoms with van der Waals surface area (Å²) < 4.78 is 7.14. The minimum absolute atomic E-state index is 0.0727. The summed E-state index contributed by atoms with van der Waals surface area (Å²) in [6.07, 6.45) is 4.03. The van der Waals surface area contributed by atoms with Crippen molar-refractivity contribution >= 4 is 5.95 Å². The third-order valence-corrected chi connectivity index (χ3v) is 4.32. The summed E-state index contributed by atoms with van der Waals surface area (Å²) in [6, 6.07) is 5.08. The van der Waals surface area contributed by atoms with E-state index in [9.17, 15) is 4.79 Å². The van der Waals surface area contributed by atoms with Gasteiger partial charge in [0.25, 0.3) is 5.56 Å². The van der Waals surface area contributed by atoms with E-state index in [-0.39, 0.29) is 17.6 Å². The Kier molecular flexibility index (Phi) is 3.57. The van der Waals surface area contributed by atoms with E-state index in [1.54, 1.807) is 16.9 Å². The molecule has 1 saturated heterocycles. The van der Waals surface area contributed by atoms with Crippen LogP contribution in [-0.2, 0) is 4.74 Å².